The van der Waals surface area contributed by atoms with Crippen LogP contribution in [-0.4, -0.2) is 9.13 Å². The Morgan fingerprint density at radius 2 is 1.00 bits per heavy atom. The molecule has 0 atom stereocenters. The molecule has 0 radical (unpaired) electrons. The zero-order valence-electron chi connectivity index (χ0n) is 26.7. The maximum atomic E-state index is 2.54. The number of aromatic nitrogens is 2. The molecule has 2 nitrogen and oxygen atoms in total. The number of hydrogen-bond donors (Lipinski definition) is 0. The number of benzene rings is 7. The lowest BCUT2D eigenvalue weighted by Crippen LogP contribution is -2.31. The molecule has 230 valence electrons. The molecule has 0 saturated heterocycles. The molecule has 10 aromatic rings. The van der Waals surface area contributed by atoms with Gasteiger partial charge in [-0.15, -0.1) is 11.3 Å². The molecule has 0 aliphatic heterocycles. The summed E-state index contributed by atoms with van der Waals surface area (Å²) in [6, 6.07) is 56.4. The second-order valence-corrected chi connectivity index (χ2v) is 14.3. The molecule has 3 heterocycles. The summed E-state index contributed by atoms with van der Waals surface area (Å²) in [7, 11) is 0. The van der Waals surface area contributed by atoms with E-state index in [1.807, 2.05) is 11.3 Å². The number of thiophene rings is 1. The van der Waals surface area contributed by atoms with Crippen molar-refractivity contribution in [1.29, 1.82) is 0 Å². The minimum absolute atomic E-state index is 1.02. The third-order valence-electron chi connectivity index (χ3n) is 10.6. The number of hydrogen-bond acceptors (Lipinski definition) is 1. The first kappa shape index (κ1) is 27.1. The van der Waals surface area contributed by atoms with Gasteiger partial charge in [-0.05, 0) is 71.7 Å². The van der Waals surface area contributed by atoms with Gasteiger partial charge in [-0.1, -0.05) is 115 Å². The van der Waals surface area contributed by atoms with E-state index in [4.69, 9.17) is 0 Å². The van der Waals surface area contributed by atoms with E-state index in [-0.39, 0.29) is 0 Å². The molecule has 1 aliphatic rings. The summed E-state index contributed by atoms with van der Waals surface area (Å²) in [6.45, 7) is 0. The summed E-state index contributed by atoms with van der Waals surface area (Å²) in [5, 5.41) is 10.5. The summed E-state index contributed by atoms with van der Waals surface area (Å²) in [5.41, 5.74) is 10.0. The van der Waals surface area contributed by atoms with Crippen LogP contribution in [0, 0.1) is 0 Å². The van der Waals surface area contributed by atoms with Crippen molar-refractivity contribution >= 4 is 86.9 Å². The number of para-hydroxylation sites is 2. The molecule has 0 unspecified atom stereocenters. The Bertz CT molecular complexity index is 3110. The van der Waals surface area contributed by atoms with E-state index in [1.54, 1.807) is 0 Å². The molecule has 0 saturated carbocycles. The summed E-state index contributed by atoms with van der Waals surface area (Å²) in [4.78, 5) is 0. The fourth-order valence-electron chi connectivity index (χ4n) is 8.39. The standard InChI is InChI=1S/C46H30N2S/c1-2-12-33-29(10-1)11-9-18-40(33)48-42-17-7-4-14-35(42)37-24-21-31(27-44(37)48)30-20-23-36-34-13-3-6-16-41(34)47(43(36)26-30)32-22-25-39-38-15-5-8-19-45(38)49-46(39)28-32/h1-8,10-17,19-28H,9,18H2. The topological polar surface area (TPSA) is 9.86 Å². The fraction of sp³-hybridized carbons (Fsp3) is 0.0435. The summed E-state index contributed by atoms with van der Waals surface area (Å²) in [5.74, 6) is 0. The Morgan fingerprint density at radius 1 is 0.429 bits per heavy atom. The van der Waals surface area contributed by atoms with Crippen LogP contribution in [-0.2, 0) is 0 Å². The lowest BCUT2D eigenvalue weighted by Gasteiger charge is -2.16. The van der Waals surface area contributed by atoms with Gasteiger partial charge in [-0.25, -0.2) is 0 Å². The van der Waals surface area contributed by atoms with Gasteiger partial charge >= 0.3 is 0 Å². The Hall–Kier alpha value is -5.90. The van der Waals surface area contributed by atoms with Crippen molar-refractivity contribution in [3.8, 4) is 16.8 Å². The summed E-state index contributed by atoms with van der Waals surface area (Å²) < 4.78 is 7.65. The third-order valence-corrected chi connectivity index (χ3v) is 11.7. The van der Waals surface area contributed by atoms with Gasteiger partial charge in [-0.2, -0.15) is 0 Å². The molecule has 0 spiro atoms. The first-order valence-corrected chi connectivity index (χ1v) is 17.9. The molecule has 0 fully saturated rings. The van der Waals surface area contributed by atoms with Crippen molar-refractivity contribution < 1.29 is 0 Å². The smallest absolute Gasteiger partial charge is 0.0547 e. The van der Waals surface area contributed by atoms with Crippen molar-refractivity contribution in [2.45, 2.75) is 12.8 Å². The summed E-state index contributed by atoms with van der Waals surface area (Å²) >= 11 is 1.88. The lowest BCUT2D eigenvalue weighted by atomic mass is 10.0. The zero-order valence-corrected chi connectivity index (χ0v) is 27.5. The van der Waals surface area contributed by atoms with Gasteiger partial charge in [0, 0.05) is 58.3 Å². The van der Waals surface area contributed by atoms with E-state index < -0.39 is 0 Å². The van der Waals surface area contributed by atoms with Gasteiger partial charge in [0.05, 0.1) is 22.1 Å². The quantitative estimate of drug-likeness (QED) is 0.181. The first-order chi connectivity index (χ1) is 24.3. The van der Waals surface area contributed by atoms with E-state index >= 15 is 0 Å². The molecule has 11 rings (SSSR count). The molecule has 3 heteroatoms. The maximum Gasteiger partial charge on any atom is 0.0547 e. The van der Waals surface area contributed by atoms with Crippen molar-refractivity contribution in [2.75, 3.05) is 0 Å². The van der Waals surface area contributed by atoms with Gasteiger partial charge < -0.3 is 9.13 Å². The number of nitrogens with zero attached hydrogens (tertiary/aromatic N) is 2. The van der Waals surface area contributed by atoms with Crippen LogP contribution in [0.2, 0.25) is 0 Å². The monoisotopic (exact) mass is 642 g/mol. The molecule has 1 aliphatic carbocycles. The Labute approximate surface area is 286 Å². The van der Waals surface area contributed by atoms with Gasteiger partial charge in [0.25, 0.3) is 0 Å². The average molecular weight is 643 g/mol. The van der Waals surface area contributed by atoms with Crippen LogP contribution in [0.4, 0.5) is 0 Å². The fourth-order valence-corrected chi connectivity index (χ4v) is 9.53. The predicted octanol–water partition coefficient (Wildman–Crippen LogP) is 11.2. The molecule has 3 aromatic heterocycles. The van der Waals surface area contributed by atoms with E-state index in [0.717, 1.165) is 12.8 Å². The van der Waals surface area contributed by atoms with Crippen LogP contribution in [0.1, 0.15) is 12.8 Å². The largest absolute Gasteiger partial charge is 0.312 e. The van der Waals surface area contributed by atoms with Crippen molar-refractivity contribution in [3.63, 3.8) is 0 Å². The molecule has 0 amide bonds. The van der Waals surface area contributed by atoms with E-state index in [9.17, 15) is 0 Å². The van der Waals surface area contributed by atoms with Crippen LogP contribution in [0.15, 0.2) is 152 Å². The predicted molar refractivity (Wildman–Crippen MR) is 210 cm³/mol. The Kier molecular flexibility index (Phi) is 5.69. The lowest BCUT2D eigenvalue weighted by molar-refractivity contribution is 0.986. The van der Waals surface area contributed by atoms with Gasteiger partial charge in [0.1, 0.15) is 0 Å². The normalized spacial score (nSPS) is 13.3. The highest BCUT2D eigenvalue weighted by Gasteiger charge is 2.18. The zero-order chi connectivity index (χ0) is 32.1. The summed E-state index contributed by atoms with van der Waals surface area (Å²) in [6.07, 6.45) is 4.45. The second kappa shape index (κ2) is 10.3. The second-order valence-electron chi connectivity index (χ2n) is 13.2. The molecule has 0 bridgehead atoms. The third kappa shape index (κ3) is 3.94. The highest BCUT2D eigenvalue weighted by molar-refractivity contribution is 7.25. The van der Waals surface area contributed by atoms with E-state index in [2.05, 4.69) is 167 Å². The van der Waals surface area contributed by atoms with Gasteiger partial charge in [0.15, 0.2) is 0 Å². The highest BCUT2D eigenvalue weighted by Crippen LogP contribution is 2.40. The van der Waals surface area contributed by atoms with Crippen LogP contribution >= 0.6 is 11.3 Å². The maximum absolute atomic E-state index is 2.54. The van der Waals surface area contributed by atoms with Crippen LogP contribution in [0.5, 0.6) is 0 Å². The molecular formula is C46H30N2S. The van der Waals surface area contributed by atoms with Crippen molar-refractivity contribution in [2.24, 2.45) is 0 Å². The molecule has 49 heavy (non-hydrogen) atoms. The SMILES string of the molecule is C1=c2ccccc2=C(n2c3ccccc3c3ccc(-c4ccc5c6ccccc6n(-c6ccc7c(c6)sc6ccccc67)c5c4)cc32)CC1. The van der Waals surface area contributed by atoms with Gasteiger partial charge in [-0.3, -0.25) is 0 Å². The van der Waals surface area contributed by atoms with E-state index in [1.165, 1.54) is 96.7 Å². The van der Waals surface area contributed by atoms with Crippen LogP contribution < -0.4 is 10.4 Å². The Balaban J connectivity index is 1.16. The molecule has 7 aromatic carbocycles. The van der Waals surface area contributed by atoms with Crippen LogP contribution in [0.25, 0.3) is 92.4 Å². The number of fused-ring (bicyclic) bond motifs is 10. The molecule has 0 N–H and O–H groups in total. The van der Waals surface area contributed by atoms with E-state index in [0.29, 0.717) is 0 Å². The molecular weight excluding hydrogens is 613 g/mol. The van der Waals surface area contributed by atoms with Crippen molar-refractivity contribution in [3.05, 3.63) is 162 Å². The Morgan fingerprint density at radius 3 is 1.78 bits per heavy atom. The minimum Gasteiger partial charge on any atom is -0.312 e. The highest BCUT2D eigenvalue weighted by atomic mass is 32.1. The average Bonchev–Trinajstić information content (AvgIpc) is 3.81. The first-order valence-electron chi connectivity index (χ1n) is 17.1. The van der Waals surface area contributed by atoms with Crippen LogP contribution in [0.3, 0.4) is 0 Å². The van der Waals surface area contributed by atoms with Crippen molar-refractivity contribution in [1.82, 2.24) is 9.13 Å². The number of rotatable bonds is 3. The van der Waals surface area contributed by atoms with Gasteiger partial charge in [0.2, 0.25) is 0 Å². The minimum atomic E-state index is 1.02.